The third-order valence-electron chi connectivity index (χ3n) is 5.19. The number of amides is 2. The maximum absolute atomic E-state index is 12.8. The van der Waals surface area contributed by atoms with Gasteiger partial charge in [0.05, 0.1) is 18.0 Å². The van der Waals surface area contributed by atoms with Gasteiger partial charge in [0.15, 0.2) is 0 Å². The van der Waals surface area contributed by atoms with Gasteiger partial charge in [0.2, 0.25) is 0 Å². The lowest BCUT2D eigenvalue weighted by Crippen LogP contribution is -2.33. The minimum Gasteiger partial charge on any atom is -0.593 e. The molecule has 33 heavy (non-hydrogen) atoms. The topological polar surface area (TPSA) is 106 Å². The second kappa shape index (κ2) is 11.4. The minimum absolute atomic E-state index is 0.0502. The summed E-state index contributed by atoms with van der Waals surface area (Å²) in [6.07, 6.45) is 2.79. The average molecular weight is 490 g/mol. The fourth-order valence-electron chi connectivity index (χ4n) is 3.67. The van der Waals surface area contributed by atoms with E-state index in [1.165, 1.54) is 6.26 Å². The molecule has 0 saturated heterocycles. The van der Waals surface area contributed by atoms with E-state index in [1.807, 2.05) is 50.2 Å². The van der Waals surface area contributed by atoms with Gasteiger partial charge in [-0.3, -0.25) is 9.59 Å². The molecule has 3 aromatic rings. The first-order chi connectivity index (χ1) is 15.8. The highest BCUT2D eigenvalue weighted by Gasteiger charge is 2.18. The number of benzene rings is 2. The van der Waals surface area contributed by atoms with Crippen LogP contribution >= 0.6 is 11.6 Å². The fraction of sp³-hybridized carbons (Fsp3) is 0.333. The summed E-state index contributed by atoms with van der Waals surface area (Å²) in [5, 5.41) is 4.50. The van der Waals surface area contributed by atoms with Crippen LogP contribution in [-0.4, -0.2) is 40.8 Å². The van der Waals surface area contributed by atoms with E-state index in [1.54, 1.807) is 0 Å². The summed E-state index contributed by atoms with van der Waals surface area (Å²) >= 11 is 4.80. The van der Waals surface area contributed by atoms with Crippen LogP contribution in [-0.2, 0) is 22.6 Å². The number of hydrogen-bond donors (Lipinski definition) is 3. The van der Waals surface area contributed by atoms with Crippen LogP contribution in [0.2, 0.25) is 5.02 Å². The Morgan fingerprint density at radius 2 is 1.88 bits per heavy atom. The van der Waals surface area contributed by atoms with Gasteiger partial charge in [-0.2, -0.15) is 4.72 Å². The lowest BCUT2D eigenvalue weighted by atomic mass is 10.1. The molecule has 3 N–H and O–H groups in total. The van der Waals surface area contributed by atoms with Crippen LogP contribution in [0.1, 0.15) is 40.0 Å². The van der Waals surface area contributed by atoms with Crippen molar-refractivity contribution in [1.29, 1.82) is 0 Å². The van der Waals surface area contributed by atoms with Gasteiger partial charge < -0.3 is 19.6 Å². The largest absolute Gasteiger partial charge is 0.593 e. The highest BCUT2D eigenvalue weighted by Crippen LogP contribution is 2.27. The second-order valence-electron chi connectivity index (χ2n) is 7.83. The molecule has 2 aromatic carbocycles. The Morgan fingerprint density at radius 3 is 2.58 bits per heavy atom. The van der Waals surface area contributed by atoms with Crippen molar-refractivity contribution in [3.63, 3.8) is 0 Å². The number of hydrogen-bond acceptors (Lipinski definition) is 4. The Balaban J connectivity index is 1.63. The number of carbonyl (C=O) groups excluding carboxylic acids is 2. The van der Waals surface area contributed by atoms with Crippen LogP contribution in [0.15, 0.2) is 36.4 Å². The van der Waals surface area contributed by atoms with Gasteiger partial charge in [-0.1, -0.05) is 29.8 Å². The number of nitrogens with one attached hydrogen (secondary N) is 3. The van der Waals surface area contributed by atoms with Crippen molar-refractivity contribution in [2.45, 2.75) is 33.1 Å². The second-order valence-corrected chi connectivity index (χ2v) is 9.32. The number of para-hydroxylation sites is 1. The lowest BCUT2D eigenvalue weighted by Gasteiger charge is -2.11. The van der Waals surface area contributed by atoms with E-state index < -0.39 is 11.4 Å². The summed E-state index contributed by atoms with van der Waals surface area (Å²) < 4.78 is 19.3. The molecule has 0 aliphatic carbocycles. The van der Waals surface area contributed by atoms with Gasteiger partial charge in [0.25, 0.3) is 11.8 Å². The zero-order valence-corrected chi connectivity index (χ0v) is 20.5. The van der Waals surface area contributed by atoms with E-state index in [-0.39, 0.29) is 24.8 Å². The molecule has 1 atom stereocenters. The fourth-order valence-corrected chi connectivity index (χ4v) is 4.20. The van der Waals surface area contributed by atoms with Crippen LogP contribution in [0.25, 0.3) is 10.9 Å². The first-order valence-corrected chi connectivity index (χ1v) is 12.6. The van der Waals surface area contributed by atoms with Crippen LogP contribution in [0.4, 0.5) is 0 Å². The summed E-state index contributed by atoms with van der Waals surface area (Å²) in [6.45, 7) is 4.54. The van der Waals surface area contributed by atoms with Crippen molar-refractivity contribution in [2.24, 2.45) is 0 Å². The number of fused-ring (bicyclic) bond motifs is 1. The van der Waals surface area contributed by atoms with Crippen LogP contribution in [0.5, 0.6) is 5.75 Å². The molecule has 7 nitrogen and oxygen atoms in total. The first-order valence-electron chi connectivity index (χ1n) is 10.7. The van der Waals surface area contributed by atoms with Crippen molar-refractivity contribution in [3.8, 4) is 5.75 Å². The Morgan fingerprint density at radius 1 is 1.18 bits per heavy atom. The number of aryl methyl sites for hydroxylation is 3. The molecule has 1 unspecified atom stereocenters. The Kier molecular flexibility index (Phi) is 8.66. The van der Waals surface area contributed by atoms with E-state index >= 15 is 0 Å². The maximum atomic E-state index is 12.8. The molecule has 0 spiro atoms. The van der Waals surface area contributed by atoms with Crippen molar-refractivity contribution in [2.75, 3.05) is 19.4 Å². The predicted molar refractivity (Wildman–Crippen MR) is 132 cm³/mol. The highest BCUT2D eigenvalue weighted by molar-refractivity contribution is 7.89. The summed E-state index contributed by atoms with van der Waals surface area (Å²) in [5.74, 6) is 0.117. The van der Waals surface area contributed by atoms with Crippen molar-refractivity contribution in [1.82, 2.24) is 15.0 Å². The van der Waals surface area contributed by atoms with Crippen molar-refractivity contribution < 1.29 is 18.9 Å². The number of rotatable bonds is 10. The van der Waals surface area contributed by atoms with Crippen molar-refractivity contribution >= 4 is 45.7 Å². The Hall–Kier alpha value is -2.68. The number of carbonyl (C=O) groups is 2. The number of halogens is 1. The summed E-state index contributed by atoms with van der Waals surface area (Å²) in [7, 11) is 0. The Bertz CT molecular complexity index is 1120. The molecule has 1 aromatic heterocycles. The monoisotopic (exact) mass is 489 g/mol. The zero-order valence-electron chi connectivity index (χ0n) is 18.9. The zero-order chi connectivity index (χ0) is 24.0. The molecule has 1 heterocycles. The van der Waals surface area contributed by atoms with Gasteiger partial charge >= 0.3 is 0 Å². The van der Waals surface area contributed by atoms with Crippen LogP contribution in [0.3, 0.4) is 0 Å². The molecule has 2 amide bonds. The molecule has 0 radical (unpaired) electrons. The SMILES string of the molecule is Cc1cc(OCCCc2c(C(=O)NCCC(=O)N[S+](C)[O-])[nH]c3ccccc23)cc(C)c1Cl. The summed E-state index contributed by atoms with van der Waals surface area (Å²) in [5.41, 5.74) is 4.21. The molecule has 3 rings (SSSR count). The van der Waals surface area contributed by atoms with Crippen LogP contribution in [0, 0.1) is 13.8 Å². The van der Waals surface area contributed by atoms with Gasteiger partial charge in [-0.25, -0.2) is 0 Å². The van der Waals surface area contributed by atoms with E-state index in [0.717, 1.165) is 38.4 Å². The number of H-pyrrole nitrogens is 1. The summed E-state index contributed by atoms with van der Waals surface area (Å²) in [6, 6.07) is 11.6. The molecule has 0 aliphatic heterocycles. The highest BCUT2D eigenvalue weighted by atomic mass is 35.5. The smallest absolute Gasteiger partial charge is 0.268 e. The predicted octanol–water partition coefficient (Wildman–Crippen LogP) is 3.98. The van der Waals surface area contributed by atoms with E-state index in [4.69, 9.17) is 16.3 Å². The molecule has 176 valence electrons. The molecule has 0 aliphatic rings. The lowest BCUT2D eigenvalue weighted by molar-refractivity contribution is -0.119. The minimum atomic E-state index is -1.42. The van der Waals surface area contributed by atoms with Gasteiger partial charge in [0, 0.05) is 28.9 Å². The molecule has 0 saturated carbocycles. The molecule has 9 heteroatoms. The molecule has 0 bridgehead atoms. The van der Waals surface area contributed by atoms with Crippen molar-refractivity contribution in [3.05, 3.63) is 63.8 Å². The van der Waals surface area contributed by atoms with Crippen LogP contribution < -0.4 is 14.8 Å². The molecular formula is C24H28ClN3O4S. The quantitative estimate of drug-likeness (QED) is 0.296. The third kappa shape index (κ3) is 6.66. The Labute approximate surface area is 201 Å². The molecule has 0 fully saturated rings. The number of aromatic amines is 1. The standard InChI is InChI=1S/C24H28ClN3O4S/c1-15-13-17(14-16(2)22(15)25)32-12-6-8-19-18-7-4-5-9-20(18)27-23(19)24(30)26-11-10-21(29)28-33(3)31/h4-5,7,9,13-14,27H,6,8,10-12H2,1-3H3,(H,26,30)(H,28,29). The molecular weight excluding hydrogens is 462 g/mol. The normalized spacial score (nSPS) is 11.9. The number of ether oxygens (including phenoxy) is 1. The summed E-state index contributed by atoms with van der Waals surface area (Å²) in [4.78, 5) is 27.7. The van der Waals surface area contributed by atoms with E-state index in [0.29, 0.717) is 25.1 Å². The van der Waals surface area contributed by atoms with Gasteiger partial charge in [0.1, 0.15) is 17.7 Å². The average Bonchev–Trinajstić information content (AvgIpc) is 3.13. The van der Waals surface area contributed by atoms with Gasteiger partial charge in [-0.15, -0.1) is 0 Å². The van der Waals surface area contributed by atoms with E-state index in [9.17, 15) is 14.1 Å². The first kappa shape index (κ1) is 25.0. The number of aromatic nitrogens is 1. The maximum Gasteiger partial charge on any atom is 0.268 e. The van der Waals surface area contributed by atoms with E-state index in [2.05, 4.69) is 15.0 Å². The van der Waals surface area contributed by atoms with Gasteiger partial charge in [-0.05, 0) is 61.6 Å². The third-order valence-corrected chi connectivity index (χ3v) is 6.30.